The standard InChI is InChI=1S/C14H17N3O/c1-16-12-6-5-11(14(18-2)13(12)15)8-10-4-3-7-17-9-10/h3-7,9,16H,8,15H2,1-2H3. The van der Waals surface area contributed by atoms with Gasteiger partial charge in [0, 0.05) is 31.4 Å². The third-order valence-corrected chi connectivity index (χ3v) is 2.87. The van der Waals surface area contributed by atoms with Crippen molar-refractivity contribution in [1.82, 2.24) is 4.98 Å². The molecule has 2 rings (SSSR count). The Morgan fingerprint density at radius 1 is 1.33 bits per heavy atom. The molecule has 0 fully saturated rings. The van der Waals surface area contributed by atoms with Crippen LogP contribution in [0.4, 0.5) is 11.4 Å². The number of methoxy groups -OCH3 is 1. The van der Waals surface area contributed by atoms with Gasteiger partial charge in [0.05, 0.1) is 18.5 Å². The highest BCUT2D eigenvalue weighted by molar-refractivity contribution is 5.75. The second-order valence-corrected chi connectivity index (χ2v) is 4.01. The number of nitrogens with one attached hydrogen (secondary N) is 1. The van der Waals surface area contributed by atoms with E-state index >= 15 is 0 Å². The highest BCUT2D eigenvalue weighted by Gasteiger charge is 2.11. The number of benzene rings is 1. The van der Waals surface area contributed by atoms with Crippen molar-refractivity contribution in [3.63, 3.8) is 0 Å². The Morgan fingerprint density at radius 2 is 2.17 bits per heavy atom. The third kappa shape index (κ3) is 2.37. The summed E-state index contributed by atoms with van der Waals surface area (Å²) in [6.45, 7) is 0. The maximum Gasteiger partial charge on any atom is 0.147 e. The molecular weight excluding hydrogens is 226 g/mol. The van der Waals surface area contributed by atoms with Gasteiger partial charge in [0.25, 0.3) is 0 Å². The Hall–Kier alpha value is -2.23. The van der Waals surface area contributed by atoms with Crippen LogP contribution in [-0.2, 0) is 6.42 Å². The summed E-state index contributed by atoms with van der Waals surface area (Å²) in [4.78, 5) is 4.11. The smallest absolute Gasteiger partial charge is 0.147 e. The molecule has 0 unspecified atom stereocenters. The highest BCUT2D eigenvalue weighted by atomic mass is 16.5. The van der Waals surface area contributed by atoms with Gasteiger partial charge in [-0.1, -0.05) is 12.1 Å². The second-order valence-electron chi connectivity index (χ2n) is 4.01. The maximum atomic E-state index is 6.06. The second kappa shape index (κ2) is 5.40. The molecule has 0 saturated carbocycles. The topological polar surface area (TPSA) is 60.2 Å². The molecule has 0 radical (unpaired) electrons. The first-order valence-electron chi connectivity index (χ1n) is 5.78. The summed E-state index contributed by atoms with van der Waals surface area (Å²) in [6.07, 6.45) is 4.37. The van der Waals surface area contributed by atoms with Crippen LogP contribution in [0.1, 0.15) is 11.1 Å². The van der Waals surface area contributed by atoms with E-state index in [4.69, 9.17) is 10.5 Å². The summed E-state index contributed by atoms with van der Waals surface area (Å²) in [5.74, 6) is 0.728. The Bertz CT molecular complexity index is 526. The normalized spacial score (nSPS) is 10.1. The zero-order chi connectivity index (χ0) is 13.0. The van der Waals surface area contributed by atoms with Gasteiger partial charge in [0.1, 0.15) is 5.75 Å². The van der Waals surface area contributed by atoms with Crippen LogP contribution in [0, 0.1) is 0 Å². The fraction of sp³-hybridized carbons (Fsp3) is 0.214. The fourth-order valence-corrected chi connectivity index (χ4v) is 1.97. The number of rotatable bonds is 4. The number of hydrogen-bond acceptors (Lipinski definition) is 4. The van der Waals surface area contributed by atoms with Gasteiger partial charge in [0.2, 0.25) is 0 Å². The average molecular weight is 243 g/mol. The quantitative estimate of drug-likeness (QED) is 0.809. The first kappa shape index (κ1) is 12.2. The van der Waals surface area contributed by atoms with Crippen molar-refractivity contribution in [2.45, 2.75) is 6.42 Å². The van der Waals surface area contributed by atoms with Gasteiger partial charge in [-0.2, -0.15) is 0 Å². The predicted molar refractivity (Wildman–Crippen MR) is 74.0 cm³/mol. The number of nitrogens with two attached hydrogens (primary N) is 1. The maximum absolute atomic E-state index is 6.06. The molecular formula is C14H17N3O. The van der Waals surface area contributed by atoms with E-state index in [1.54, 1.807) is 13.3 Å². The van der Waals surface area contributed by atoms with Crippen molar-refractivity contribution >= 4 is 11.4 Å². The molecule has 1 heterocycles. The lowest BCUT2D eigenvalue weighted by molar-refractivity contribution is 0.413. The molecule has 0 aliphatic carbocycles. The molecule has 0 saturated heterocycles. The van der Waals surface area contributed by atoms with Crippen molar-refractivity contribution in [3.05, 3.63) is 47.8 Å². The largest absolute Gasteiger partial charge is 0.494 e. The van der Waals surface area contributed by atoms with Crippen LogP contribution in [0.3, 0.4) is 0 Å². The monoisotopic (exact) mass is 243 g/mol. The van der Waals surface area contributed by atoms with Gasteiger partial charge in [-0.25, -0.2) is 0 Å². The number of ether oxygens (including phenoxy) is 1. The summed E-state index contributed by atoms with van der Waals surface area (Å²) in [5, 5.41) is 3.04. The van der Waals surface area contributed by atoms with Crippen LogP contribution in [0.25, 0.3) is 0 Å². The summed E-state index contributed by atoms with van der Waals surface area (Å²) < 4.78 is 5.41. The van der Waals surface area contributed by atoms with E-state index in [1.165, 1.54) is 0 Å². The molecule has 2 aromatic rings. The van der Waals surface area contributed by atoms with E-state index in [0.717, 1.165) is 29.0 Å². The Labute approximate surface area is 107 Å². The van der Waals surface area contributed by atoms with Crippen molar-refractivity contribution < 1.29 is 4.74 Å². The minimum Gasteiger partial charge on any atom is -0.494 e. The predicted octanol–water partition coefficient (Wildman–Crippen LogP) is 2.30. The van der Waals surface area contributed by atoms with Gasteiger partial charge in [-0.05, 0) is 17.7 Å². The number of hydrogen-bond donors (Lipinski definition) is 2. The Balaban J connectivity index is 2.36. The van der Waals surface area contributed by atoms with Gasteiger partial charge < -0.3 is 15.8 Å². The summed E-state index contributed by atoms with van der Waals surface area (Å²) in [7, 11) is 3.48. The van der Waals surface area contributed by atoms with Crippen LogP contribution in [-0.4, -0.2) is 19.1 Å². The molecule has 0 aliphatic rings. The molecule has 0 amide bonds. The van der Waals surface area contributed by atoms with E-state index in [9.17, 15) is 0 Å². The molecule has 0 atom stereocenters. The van der Waals surface area contributed by atoms with E-state index in [2.05, 4.69) is 10.3 Å². The number of pyridine rings is 1. The molecule has 1 aromatic heterocycles. The fourth-order valence-electron chi connectivity index (χ4n) is 1.97. The van der Waals surface area contributed by atoms with Crippen LogP contribution in [0.5, 0.6) is 5.75 Å². The molecule has 3 N–H and O–H groups in total. The molecule has 0 aliphatic heterocycles. The molecule has 0 bridgehead atoms. The molecule has 94 valence electrons. The Kier molecular flexibility index (Phi) is 3.67. The number of anilines is 2. The van der Waals surface area contributed by atoms with Crippen molar-refractivity contribution in [2.75, 3.05) is 25.2 Å². The lowest BCUT2D eigenvalue weighted by atomic mass is 10.0. The first-order chi connectivity index (χ1) is 8.76. The summed E-state index contributed by atoms with van der Waals surface area (Å²) >= 11 is 0. The third-order valence-electron chi connectivity index (χ3n) is 2.87. The average Bonchev–Trinajstić information content (AvgIpc) is 2.40. The van der Waals surface area contributed by atoms with E-state index in [-0.39, 0.29) is 0 Å². The first-order valence-corrected chi connectivity index (χ1v) is 5.78. The van der Waals surface area contributed by atoms with Crippen LogP contribution in [0.15, 0.2) is 36.7 Å². The van der Waals surface area contributed by atoms with Crippen LogP contribution < -0.4 is 15.8 Å². The Morgan fingerprint density at radius 3 is 2.78 bits per heavy atom. The highest BCUT2D eigenvalue weighted by Crippen LogP contribution is 2.34. The van der Waals surface area contributed by atoms with Gasteiger partial charge in [-0.15, -0.1) is 0 Å². The summed E-state index contributed by atoms with van der Waals surface area (Å²) in [6, 6.07) is 7.94. The lowest BCUT2D eigenvalue weighted by Gasteiger charge is -2.14. The van der Waals surface area contributed by atoms with E-state index in [0.29, 0.717) is 5.69 Å². The van der Waals surface area contributed by atoms with Gasteiger partial charge >= 0.3 is 0 Å². The van der Waals surface area contributed by atoms with Crippen molar-refractivity contribution in [1.29, 1.82) is 0 Å². The number of nitrogen functional groups attached to an aromatic ring is 1. The van der Waals surface area contributed by atoms with Crippen LogP contribution >= 0.6 is 0 Å². The molecule has 1 aromatic carbocycles. The zero-order valence-electron chi connectivity index (χ0n) is 10.6. The molecule has 0 spiro atoms. The minimum atomic E-state index is 0.640. The van der Waals surface area contributed by atoms with Crippen molar-refractivity contribution in [2.24, 2.45) is 0 Å². The SMILES string of the molecule is CNc1ccc(Cc2cccnc2)c(OC)c1N. The van der Waals surface area contributed by atoms with Gasteiger partial charge in [-0.3, -0.25) is 4.98 Å². The molecule has 4 nitrogen and oxygen atoms in total. The number of aromatic nitrogens is 1. The van der Waals surface area contributed by atoms with E-state index < -0.39 is 0 Å². The molecule has 18 heavy (non-hydrogen) atoms. The van der Waals surface area contributed by atoms with Crippen molar-refractivity contribution in [3.8, 4) is 5.75 Å². The van der Waals surface area contributed by atoms with Gasteiger partial charge in [0.15, 0.2) is 0 Å². The minimum absolute atomic E-state index is 0.640. The summed E-state index contributed by atoms with van der Waals surface area (Å²) in [5.41, 5.74) is 9.76. The van der Waals surface area contributed by atoms with Crippen LogP contribution in [0.2, 0.25) is 0 Å². The van der Waals surface area contributed by atoms with E-state index in [1.807, 2.05) is 37.5 Å². The molecule has 4 heteroatoms. The lowest BCUT2D eigenvalue weighted by Crippen LogP contribution is -2.02. The zero-order valence-corrected chi connectivity index (χ0v) is 10.6. The number of nitrogens with zero attached hydrogens (tertiary/aromatic N) is 1.